The average molecular weight is 272 g/mol. The Hall–Kier alpha value is -1.90. The van der Waals surface area contributed by atoms with E-state index in [-0.39, 0.29) is 0 Å². The second-order valence-corrected chi connectivity index (χ2v) is 4.61. The molecule has 0 aliphatic rings. The van der Waals surface area contributed by atoms with E-state index in [4.69, 9.17) is 4.74 Å². The number of hydrogen-bond acceptors (Lipinski definition) is 3. The van der Waals surface area contributed by atoms with E-state index < -0.39 is 0 Å². The molecule has 0 saturated carbocycles. The molecule has 2 rings (SSSR count). The van der Waals surface area contributed by atoms with Crippen LogP contribution < -0.4 is 4.74 Å². The van der Waals surface area contributed by atoms with Gasteiger partial charge >= 0.3 is 0 Å². The van der Waals surface area contributed by atoms with E-state index in [0.29, 0.717) is 11.8 Å². The summed E-state index contributed by atoms with van der Waals surface area (Å²) < 4.78 is 5.38. The molecule has 0 aliphatic heterocycles. The lowest BCUT2D eigenvalue weighted by atomic mass is 10.1. The van der Waals surface area contributed by atoms with Crippen LogP contribution in [-0.4, -0.2) is 17.1 Å². The number of ether oxygens (including phenoxy) is 1. The number of methoxy groups -OCH3 is 1. The minimum absolute atomic E-state index is 0.387. The Labute approximate surface area is 122 Å². The highest BCUT2D eigenvalue weighted by molar-refractivity contribution is 5.65. The van der Waals surface area contributed by atoms with Gasteiger partial charge in [-0.3, -0.25) is 4.98 Å². The molecule has 0 N–H and O–H groups in total. The van der Waals surface area contributed by atoms with Crippen LogP contribution in [0.4, 0.5) is 0 Å². The van der Waals surface area contributed by atoms with Gasteiger partial charge in [0, 0.05) is 11.4 Å². The van der Waals surface area contributed by atoms with Gasteiger partial charge in [-0.1, -0.05) is 33.8 Å². The van der Waals surface area contributed by atoms with Crippen molar-refractivity contribution in [2.75, 3.05) is 7.11 Å². The van der Waals surface area contributed by atoms with Crippen molar-refractivity contribution >= 4 is 0 Å². The Morgan fingerprint density at radius 1 is 1.00 bits per heavy atom. The lowest BCUT2D eigenvalue weighted by molar-refractivity contribution is 0.397. The van der Waals surface area contributed by atoms with Gasteiger partial charge in [0.2, 0.25) is 5.88 Å². The number of hydrogen-bond donors (Lipinski definition) is 0. The third-order valence-electron chi connectivity index (χ3n) is 2.83. The Kier molecular flexibility index (Phi) is 6.16. The molecule has 0 bridgehead atoms. The Morgan fingerprint density at radius 3 is 2.25 bits per heavy atom. The lowest BCUT2D eigenvalue weighted by Crippen LogP contribution is -1.99. The van der Waals surface area contributed by atoms with Crippen LogP contribution in [0.1, 0.15) is 45.0 Å². The van der Waals surface area contributed by atoms with Crippen molar-refractivity contribution < 1.29 is 4.74 Å². The minimum atomic E-state index is 0.387. The first-order chi connectivity index (χ1) is 9.61. The van der Waals surface area contributed by atoms with Crippen LogP contribution in [0.3, 0.4) is 0 Å². The second kappa shape index (κ2) is 7.63. The maximum Gasteiger partial charge on any atom is 0.222 e. The molecule has 0 saturated heterocycles. The summed E-state index contributed by atoms with van der Waals surface area (Å²) in [5.74, 6) is 1.03. The van der Waals surface area contributed by atoms with Crippen LogP contribution in [0, 0.1) is 6.92 Å². The molecular weight excluding hydrogens is 248 g/mol. The van der Waals surface area contributed by atoms with Crippen LogP contribution in [0.5, 0.6) is 5.88 Å². The molecule has 0 spiro atoms. The Morgan fingerprint density at radius 2 is 1.70 bits per heavy atom. The summed E-state index contributed by atoms with van der Waals surface area (Å²) >= 11 is 0. The van der Waals surface area contributed by atoms with Gasteiger partial charge in [0.15, 0.2) is 0 Å². The molecule has 0 fully saturated rings. The molecule has 20 heavy (non-hydrogen) atoms. The predicted molar refractivity (Wildman–Crippen MR) is 84.2 cm³/mol. The van der Waals surface area contributed by atoms with Crippen LogP contribution in [-0.2, 0) is 0 Å². The van der Waals surface area contributed by atoms with Crippen molar-refractivity contribution in [1.29, 1.82) is 0 Å². The quantitative estimate of drug-likeness (QED) is 0.818. The van der Waals surface area contributed by atoms with Gasteiger partial charge in [-0.2, -0.15) is 0 Å². The van der Waals surface area contributed by atoms with E-state index in [1.807, 2.05) is 51.1 Å². The zero-order valence-electron chi connectivity index (χ0n) is 13.3. The monoisotopic (exact) mass is 272 g/mol. The Balaban J connectivity index is 0.000000956. The van der Waals surface area contributed by atoms with Crippen LogP contribution in [0.15, 0.2) is 30.3 Å². The van der Waals surface area contributed by atoms with Gasteiger partial charge in [0.1, 0.15) is 0 Å². The fourth-order valence-electron chi connectivity index (χ4n) is 1.82. The minimum Gasteiger partial charge on any atom is -0.480 e. The largest absolute Gasteiger partial charge is 0.480 e. The number of aromatic nitrogens is 2. The first kappa shape index (κ1) is 16.2. The van der Waals surface area contributed by atoms with Gasteiger partial charge in [-0.25, -0.2) is 4.98 Å². The third kappa shape index (κ3) is 3.80. The molecule has 0 atom stereocenters. The molecule has 2 heterocycles. The molecule has 0 unspecified atom stereocenters. The standard InChI is InChI=1S/C15H18N2O.C2H6/c1-10(2)13-9-8-12(15(17-13)18-4)14-7-5-6-11(3)16-14;1-2/h5-10H,1-4H3;1-2H3. The highest BCUT2D eigenvalue weighted by atomic mass is 16.5. The van der Waals surface area contributed by atoms with E-state index in [1.54, 1.807) is 7.11 Å². The van der Waals surface area contributed by atoms with Gasteiger partial charge < -0.3 is 4.74 Å². The zero-order chi connectivity index (χ0) is 15.1. The molecule has 0 radical (unpaired) electrons. The van der Waals surface area contributed by atoms with Crippen molar-refractivity contribution in [2.45, 2.75) is 40.5 Å². The van der Waals surface area contributed by atoms with Crippen molar-refractivity contribution in [1.82, 2.24) is 9.97 Å². The summed E-state index contributed by atoms with van der Waals surface area (Å²) in [5, 5.41) is 0. The summed E-state index contributed by atoms with van der Waals surface area (Å²) in [5.41, 5.74) is 3.85. The molecule has 3 heteroatoms. The van der Waals surface area contributed by atoms with Gasteiger partial charge in [0.05, 0.1) is 18.4 Å². The first-order valence-electron chi connectivity index (χ1n) is 7.10. The topological polar surface area (TPSA) is 35.0 Å². The molecule has 108 valence electrons. The van der Waals surface area contributed by atoms with E-state index in [9.17, 15) is 0 Å². The SMILES string of the molecule is CC.COc1nc(C(C)C)ccc1-c1cccc(C)n1. The first-order valence-corrected chi connectivity index (χ1v) is 7.10. The van der Waals surface area contributed by atoms with Crippen molar-refractivity contribution in [2.24, 2.45) is 0 Å². The highest BCUT2D eigenvalue weighted by Crippen LogP contribution is 2.28. The summed E-state index contributed by atoms with van der Waals surface area (Å²) in [6.45, 7) is 10.2. The van der Waals surface area contributed by atoms with Crippen LogP contribution in [0.25, 0.3) is 11.3 Å². The number of nitrogens with zero attached hydrogens (tertiary/aromatic N) is 2. The van der Waals surface area contributed by atoms with Gasteiger partial charge in [-0.15, -0.1) is 0 Å². The number of rotatable bonds is 3. The van der Waals surface area contributed by atoms with Crippen molar-refractivity contribution in [3.05, 3.63) is 41.7 Å². The zero-order valence-corrected chi connectivity index (χ0v) is 13.3. The highest BCUT2D eigenvalue weighted by Gasteiger charge is 2.11. The fraction of sp³-hybridized carbons (Fsp3) is 0.412. The van der Waals surface area contributed by atoms with Gasteiger partial charge in [0.25, 0.3) is 0 Å². The molecule has 0 amide bonds. The van der Waals surface area contributed by atoms with E-state index in [2.05, 4.69) is 23.8 Å². The average Bonchev–Trinajstić information content (AvgIpc) is 2.48. The Bertz CT molecular complexity index is 550. The lowest BCUT2D eigenvalue weighted by Gasteiger charge is -2.11. The van der Waals surface area contributed by atoms with Crippen molar-refractivity contribution in [3.63, 3.8) is 0 Å². The van der Waals surface area contributed by atoms with Crippen LogP contribution >= 0.6 is 0 Å². The number of aryl methyl sites for hydroxylation is 1. The molecule has 3 nitrogen and oxygen atoms in total. The molecule has 2 aromatic rings. The van der Waals surface area contributed by atoms with Crippen LogP contribution in [0.2, 0.25) is 0 Å². The van der Waals surface area contributed by atoms with Crippen molar-refractivity contribution in [3.8, 4) is 17.1 Å². The summed E-state index contributed by atoms with van der Waals surface area (Å²) in [6.07, 6.45) is 0. The maximum absolute atomic E-state index is 5.38. The normalized spacial score (nSPS) is 9.95. The molecule has 0 aliphatic carbocycles. The van der Waals surface area contributed by atoms with E-state index in [0.717, 1.165) is 22.6 Å². The maximum atomic E-state index is 5.38. The summed E-state index contributed by atoms with van der Waals surface area (Å²) in [7, 11) is 1.64. The van der Waals surface area contributed by atoms with E-state index in [1.165, 1.54) is 0 Å². The second-order valence-electron chi connectivity index (χ2n) is 4.61. The fourth-order valence-corrected chi connectivity index (χ4v) is 1.82. The molecule has 0 aromatic carbocycles. The summed E-state index contributed by atoms with van der Waals surface area (Å²) in [4.78, 5) is 9.04. The third-order valence-corrected chi connectivity index (χ3v) is 2.83. The molecular formula is C17H24N2O. The van der Waals surface area contributed by atoms with E-state index >= 15 is 0 Å². The predicted octanol–water partition coefficient (Wildman–Crippen LogP) is 4.61. The summed E-state index contributed by atoms with van der Waals surface area (Å²) in [6, 6.07) is 10.0. The number of pyridine rings is 2. The smallest absolute Gasteiger partial charge is 0.222 e. The van der Waals surface area contributed by atoms with Gasteiger partial charge in [-0.05, 0) is 37.1 Å². The molecule has 2 aromatic heterocycles.